The molecule has 1 aromatic heterocycles. The Morgan fingerprint density at radius 3 is 2.06 bits per heavy atom. The molecule has 2 aliphatic carbocycles. The number of allylic oxidation sites excluding steroid dienone is 5. The number of rotatable bonds is 3. The molecule has 6 aliphatic heterocycles. The molecule has 10 rings (SSSR count). The maximum atomic E-state index is 5.14. The first-order chi connectivity index (χ1) is 24.8. The van der Waals surface area contributed by atoms with Gasteiger partial charge < -0.3 is 4.90 Å². The van der Waals surface area contributed by atoms with Crippen molar-refractivity contribution in [1.82, 2.24) is 9.88 Å². The monoisotopic (exact) mass is 671 g/mol. The maximum absolute atomic E-state index is 5.14. The quantitative estimate of drug-likeness (QED) is 0.328. The van der Waals surface area contributed by atoms with E-state index >= 15 is 0 Å². The van der Waals surface area contributed by atoms with E-state index in [9.17, 15) is 0 Å². The van der Waals surface area contributed by atoms with E-state index in [-0.39, 0.29) is 22.9 Å². The Kier molecular flexibility index (Phi) is 6.77. The minimum absolute atomic E-state index is 0.0768. The predicted octanol–water partition coefficient (Wildman–Crippen LogP) is 8.74. The van der Waals surface area contributed by atoms with Gasteiger partial charge in [0.25, 0.3) is 0 Å². The molecule has 1 fully saturated rings. The third-order valence-electron chi connectivity index (χ3n) is 12.6. The second-order valence-corrected chi connectivity index (χ2v) is 15.9. The Morgan fingerprint density at radius 1 is 0.706 bits per heavy atom. The highest BCUT2D eigenvalue weighted by molar-refractivity contribution is 5.90. The number of aromatic nitrogens is 1. The number of anilines is 2. The molecule has 256 valence electrons. The molecule has 2 unspecified atom stereocenters. The Hall–Kier alpha value is -5.04. The molecule has 51 heavy (non-hydrogen) atoms. The van der Waals surface area contributed by atoms with Crippen LogP contribution in [0.5, 0.6) is 0 Å². The summed E-state index contributed by atoms with van der Waals surface area (Å²) in [6, 6.07) is 15.9. The van der Waals surface area contributed by atoms with E-state index in [4.69, 9.17) is 20.0 Å². The SMILES string of the molecule is CC1(C)C2=C(CCN=C2)N(C2=CCC3C(=C2)C2=CC(N4C5=C(C=NCC5)C(C)(C)c5cccnc54)=CCC2N3c2ccccc2)C2=C1CCC=N2. The number of hydrogen-bond acceptors (Lipinski definition) is 7. The average molecular weight is 672 g/mol. The standard InChI is InChI=1S/C44H45N7/c1-43(2)33-12-8-20-47-41(33)50(39-18-22-45-26-35(39)43)29-14-16-37-31(24-29)32-25-30(15-17-38(32)49(37)28-10-6-5-7-11-28)51-40-19-23-46-27-36(40)44(3,4)34-13-9-21-48-42(34)51/h5-8,10-12,14-15,20-21,24-27,37-38H,9,13,16-19,22-23H2,1-4H3. The van der Waals surface area contributed by atoms with Crippen LogP contribution in [0.15, 0.2) is 144 Å². The molecule has 0 bridgehead atoms. The molecule has 0 spiro atoms. The van der Waals surface area contributed by atoms with E-state index in [1.165, 1.54) is 61.9 Å². The lowest BCUT2D eigenvalue weighted by molar-refractivity contribution is 0.394. The molecule has 7 heteroatoms. The molecule has 0 saturated carbocycles. The van der Waals surface area contributed by atoms with Crippen molar-refractivity contribution in [3.05, 3.63) is 135 Å². The summed E-state index contributed by atoms with van der Waals surface area (Å²) in [4.78, 5) is 27.4. The lowest BCUT2D eigenvalue weighted by atomic mass is 9.71. The summed E-state index contributed by atoms with van der Waals surface area (Å²) in [7, 11) is 0. The van der Waals surface area contributed by atoms with Crippen molar-refractivity contribution in [1.29, 1.82) is 0 Å². The molecule has 1 aromatic carbocycles. The molecular formula is C44H45N7. The van der Waals surface area contributed by atoms with Crippen LogP contribution in [0.2, 0.25) is 0 Å². The van der Waals surface area contributed by atoms with Crippen LogP contribution < -0.4 is 9.80 Å². The van der Waals surface area contributed by atoms with Gasteiger partial charge in [-0.2, -0.15) is 0 Å². The van der Waals surface area contributed by atoms with Gasteiger partial charge in [-0.3, -0.25) is 19.8 Å². The molecule has 2 aromatic rings. The van der Waals surface area contributed by atoms with E-state index in [1.807, 2.05) is 6.20 Å². The van der Waals surface area contributed by atoms with Gasteiger partial charge in [-0.1, -0.05) is 64.1 Å². The van der Waals surface area contributed by atoms with E-state index in [2.05, 4.69) is 128 Å². The van der Waals surface area contributed by atoms with Crippen molar-refractivity contribution in [3.63, 3.8) is 0 Å². The van der Waals surface area contributed by atoms with Crippen molar-refractivity contribution in [2.24, 2.45) is 20.4 Å². The fourth-order valence-corrected chi connectivity index (χ4v) is 10.0. The zero-order valence-electron chi connectivity index (χ0n) is 30.1. The second kappa shape index (κ2) is 11.2. The minimum Gasteiger partial charge on any atom is -0.357 e. The Morgan fingerprint density at radius 2 is 1.35 bits per heavy atom. The topological polar surface area (TPSA) is 59.7 Å². The summed E-state index contributed by atoms with van der Waals surface area (Å²) in [6.07, 6.45) is 24.0. The number of benzene rings is 1. The van der Waals surface area contributed by atoms with Gasteiger partial charge in [-0.25, -0.2) is 9.98 Å². The second-order valence-electron chi connectivity index (χ2n) is 15.9. The van der Waals surface area contributed by atoms with Gasteiger partial charge in [0.1, 0.15) is 11.6 Å². The number of aliphatic imine (C=N–C) groups is 3. The fourth-order valence-electron chi connectivity index (χ4n) is 10.0. The van der Waals surface area contributed by atoms with Crippen LogP contribution in [-0.2, 0) is 5.41 Å². The molecule has 1 saturated heterocycles. The molecule has 8 aliphatic rings. The smallest absolute Gasteiger partial charge is 0.141 e. The maximum Gasteiger partial charge on any atom is 0.141 e. The van der Waals surface area contributed by atoms with Crippen molar-refractivity contribution >= 4 is 30.1 Å². The summed E-state index contributed by atoms with van der Waals surface area (Å²) in [5.74, 6) is 2.18. The summed E-state index contributed by atoms with van der Waals surface area (Å²) in [5, 5.41) is 0. The Balaban J connectivity index is 1.12. The van der Waals surface area contributed by atoms with Crippen LogP contribution in [0.25, 0.3) is 0 Å². The number of dihydropyridines is 2. The highest BCUT2D eigenvalue weighted by atomic mass is 15.3. The summed E-state index contributed by atoms with van der Waals surface area (Å²) < 4.78 is 0. The Labute approximate surface area is 301 Å². The lowest BCUT2D eigenvalue weighted by Crippen LogP contribution is -2.40. The lowest BCUT2D eigenvalue weighted by Gasteiger charge is -2.46. The van der Waals surface area contributed by atoms with Crippen LogP contribution in [0, 0.1) is 5.41 Å². The zero-order valence-corrected chi connectivity index (χ0v) is 30.1. The van der Waals surface area contributed by atoms with Gasteiger partial charge in [0.15, 0.2) is 0 Å². The summed E-state index contributed by atoms with van der Waals surface area (Å²) in [6.45, 7) is 11.0. The highest BCUT2D eigenvalue weighted by Crippen LogP contribution is 2.53. The largest absolute Gasteiger partial charge is 0.357 e. The first-order valence-corrected chi connectivity index (χ1v) is 18.8. The van der Waals surface area contributed by atoms with Crippen molar-refractivity contribution in [2.75, 3.05) is 22.9 Å². The van der Waals surface area contributed by atoms with Crippen molar-refractivity contribution in [3.8, 4) is 0 Å². The van der Waals surface area contributed by atoms with Crippen LogP contribution in [0.3, 0.4) is 0 Å². The molecule has 0 N–H and O–H groups in total. The third-order valence-corrected chi connectivity index (χ3v) is 12.6. The van der Waals surface area contributed by atoms with E-state index in [0.29, 0.717) is 0 Å². The number of fused-ring (bicyclic) bond motifs is 4. The predicted molar refractivity (Wildman–Crippen MR) is 208 cm³/mol. The summed E-state index contributed by atoms with van der Waals surface area (Å²) in [5.41, 5.74) is 14.4. The zero-order chi connectivity index (χ0) is 34.5. The number of pyridine rings is 1. The highest BCUT2D eigenvalue weighted by Gasteiger charge is 2.47. The number of nitrogens with zero attached hydrogens (tertiary/aromatic N) is 7. The average Bonchev–Trinajstić information content (AvgIpc) is 3.49. The van der Waals surface area contributed by atoms with Gasteiger partial charge in [-0.15, -0.1) is 0 Å². The molecule has 0 amide bonds. The van der Waals surface area contributed by atoms with Crippen molar-refractivity contribution < 1.29 is 0 Å². The van der Waals surface area contributed by atoms with Crippen molar-refractivity contribution in [2.45, 2.75) is 83.7 Å². The van der Waals surface area contributed by atoms with Gasteiger partial charge in [0.05, 0.1) is 12.1 Å². The first-order valence-electron chi connectivity index (χ1n) is 18.8. The van der Waals surface area contributed by atoms with Gasteiger partial charge in [0, 0.05) is 101 Å². The van der Waals surface area contributed by atoms with E-state index in [0.717, 1.165) is 63.3 Å². The summed E-state index contributed by atoms with van der Waals surface area (Å²) >= 11 is 0. The van der Waals surface area contributed by atoms with E-state index in [1.54, 1.807) is 0 Å². The fraction of sp³-hybridized carbons (Fsp3) is 0.364. The van der Waals surface area contributed by atoms with Gasteiger partial charge >= 0.3 is 0 Å². The molecule has 0 radical (unpaired) electrons. The molecular weight excluding hydrogens is 627 g/mol. The molecule has 2 atom stereocenters. The normalized spacial score (nSPS) is 26.8. The minimum atomic E-state index is -0.159. The van der Waals surface area contributed by atoms with E-state index < -0.39 is 0 Å². The third kappa shape index (κ3) is 4.42. The van der Waals surface area contributed by atoms with Crippen LogP contribution in [-0.4, -0.2) is 53.7 Å². The van der Waals surface area contributed by atoms with Crippen LogP contribution in [0.1, 0.15) is 71.8 Å². The molecule has 7 nitrogen and oxygen atoms in total. The van der Waals surface area contributed by atoms with Crippen LogP contribution in [0.4, 0.5) is 11.5 Å². The first kappa shape index (κ1) is 30.8. The van der Waals surface area contributed by atoms with Crippen LogP contribution >= 0.6 is 0 Å². The number of hydrogen-bond donors (Lipinski definition) is 0. The van der Waals surface area contributed by atoms with Gasteiger partial charge in [-0.05, 0) is 78.3 Å². The number of para-hydroxylation sites is 1. The van der Waals surface area contributed by atoms with Gasteiger partial charge in [0.2, 0.25) is 0 Å². The Bertz CT molecular complexity index is 2180. The molecule has 7 heterocycles.